The minimum absolute atomic E-state index is 0.0215. The van der Waals surface area contributed by atoms with Crippen molar-refractivity contribution in [3.05, 3.63) is 17.5 Å². The van der Waals surface area contributed by atoms with Crippen molar-refractivity contribution in [2.24, 2.45) is 5.92 Å². The summed E-state index contributed by atoms with van der Waals surface area (Å²) >= 11 is 2.78. The van der Waals surface area contributed by atoms with Gasteiger partial charge in [0.25, 0.3) is 11.1 Å². The number of hydrogen-bond donors (Lipinski definition) is 0. The van der Waals surface area contributed by atoms with Crippen LogP contribution in [0.15, 0.2) is 27.2 Å². The first-order valence-electron chi connectivity index (χ1n) is 8.58. The van der Waals surface area contributed by atoms with Crippen LogP contribution in [0.5, 0.6) is 0 Å². The third-order valence-corrected chi connectivity index (χ3v) is 5.97. The maximum Gasteiger partial charge on any atom is 0.309 e. The Morgan fingerprint density at radius 1 is 1.42 bits per heavy atom. The molecule has 0 aliphatic carbocycles. The van der Waals surface area contributed by atoms with Crippen molar-refractivity contribution in [3.63, 3.8) is 0 Å². The standard InChI is InChI=1S/C17H21N3O4S2/c1-3-23-16(22)12-6-8-20(9-7-12)15(21)11(2)26-17-19-18-14(24-17)13-5-4-10-25-13/h4-5,10-12H,3,6-9H2,1-2H3/t11-/m0/s1. The highest BCUT2D eigenvalue weighted by atomic mass is 32.2. The molecule has 0 N–H and O–H groups in total. The zero-order valence-electron chi connectivity index (χ0n) is 14.7. The van der Waals surface area contributed by atoms with Crippen LogP contribution in [-0.4, -0.2) is 51.9 Å². The Balaban J connectivity index is 1.52. The van der Waals surface area contributed by atoms with Gasteiger partial charge in [-0.1, -0.05) is 17.8 Å². The van der Waals surface area contributed by atoms with Gasteiger partial charge < -0.3 is 14.1 Å². The summed E-state index contributed by atoms with van der Waals surface area (Å²) in [6, 6.07) is 3.83. The Kier molecular flexibility index (Phi) is 6.31. The fraction of sp³-hybridized carbons (Fsp3) is 0.529. The molecule has 0 radical (unpaired) electrons. The molecule has 1 saturated heterocycles. The van der Waals surface area contributed by atoms with E-state index in [1.807, 2.05) is 24.4 Å². The Hall–Kier alpha value is -1.87. The number of ether oxygens (including phenoxy) is 1. The molecule has 2 aromatic rings. The molecule has 140 valence electrons. The van der Waals surface area contributed by atoms with Crippen LogP contribution in [0.3, 0.4) is 0 Å². The Morgan fingerprint density at radius 3 is 2.85 bits per heavy atom. The molecule has 9 heteroatoms. The van der Waals surface area contributed by atoms with Crippen molar-refractivity contribution in [1.82, 2.24) is 15.1 Å². The summed E-state index contributed by atoms with van der Waals surface area (Å²) in [5.74, 6) is 0.228. The maximum atomic E-state index is 12.6. The van der Waals surface area contributed by atoms with E-state index in [1.54, 1.807) is 11.8 Å². The van der Waals surface area contributed by atoms with Crippen molar-refractivity contribution in [2.75, 3.05) is 19.7 Å². The van der Waals surface area contributed by atoms with Crippen molar-refractivity contribution in [1.29, 1.82) is 0 Å². The highest BCUT2D eigenvalue weighted by Crippen LogP contribution is 2.29. The Morgan fingerprint density at radius 2 is 2.19 bits per heavy atom. The van der Waals surface area contributed by atoms with E-state index in [4.69, 9.17) is 9.15 Å². The molecular weight excluding hydrogens is 374 g/mol. The van der Waals surface area contributed by atoms with E-state index in [9.17, 15) is 9.59 Å². The first-order chi connectivity index (χ1) is 12.6. The van der Waals surface area contributed by atoms with E-state index in [1.165, 1.54) is 23.1 Å². The third-order valence-electron chi connectivity index (χ3n) is 4.19. The van der Waals surface area contributed by atoms with Gasteiger partial charge in [-0.2, -0.15) is 0 Å². The van der Waals surface area contributed by atoms with Gasteiger partial charge in [-0.25, -0.2) is 0 Å². The van der Waals surface area contributed by atoms with Crippen LogP contribution < -0.4 is 0 Å². The normalized spacial score (nSPS) is 16.5. The van der Waals surface area contributed by atoms with Gasteiger partial charge in [0.2, 0.25) is 5.91 Å². The zero-order valence-corrected chi connectivity index (χ0v) is 16.3. The molecule has 2 aromatic heterocycles. The lowest BCUT2D eigenvalue weighted by Gasteiger charge is -2.32. The molecule has 1 aliphatic rings. The van der Waals surface area contributed by atoms with E-state index in [-0.39, 0.29) is 23.0 Å². The molecule has 26 heavy (non-hydrogen) atoms. The van der Waals surface area contributed by atoms with E-state index < -0.39 is 0 Å². The number of nitrogens with zero attached hydrogens (tertiary/aromatic N) is 3. The number of aromatic nitrogens is 2. The number of amides is 1. The largest absolute Gasteiger partial charge is 0.466 e. The van der Waals surface area contributed by atoms with Crippen molar-refractivity contribution >= 4 is 35.0 Å². The SMILES string of the molecule is CCOC(=O)C1CCN(C(=O)[C@H](C)Sc2nnc(-c3cccs3)o2)CC1. The lowest BCUT2D eigenvalue weighted by Crippen LogP contribution is -2.43. The number of rotatable bonds is 6. The zero-order chi connectivity index (χ0) is 18.5. The second kappa shape index (κ2) is 8.68. The Labute approximate surface area is 160 Å². The summed E-state index contributed by atoms with van der Waals surface area (Å²) in [5.41, 5.74) is 0. The summed E-state index contributed by atoms with van der Waals surface area (Å²) in [4.78, 5) is 27.1. The molecule has 7 nitrogen and oxygen atoms in total. The topological polar surface area (TPSA) is 85.5 Å². The number of carbonyl (C=O) groups is 2. The monoisotopic (exact) mass is 395 g/mol. The number of piperidine rings is 1. The molecule has 3 heterocycles. The second-order valence-electron chi connectivity index (χ2n) is 5.96. The first kappa shape index (κ1) is 18.9. The lowest BCUT2D eigenvalue weighted by molar-refractivity contribution is -0.151. The highest BCUT2D eigenvalue weighted by molar-refractivity contribution is 8.00. The van der Waals surface area contributed by atoms with E-state index in [2.05, 4.69) is 10.2 Å². The van der Waals surface area contributed by atoms with Gasteiger partial charge in [0.05, 0.1) is 22.7 Å². The summed E-state index contributed by atoms with van der Waals surface area (Å²) in [5, 5.41) is 10.0. The highest BCUT2D eigenvalue weighted by Gasteiger charge is 2.31. The average molecular weight is 396 g/mol. The molecule has 1 atom stereocenters. The number of thioether (sulfide) groups is 1. The second-order valence-corrected chi connectivity index (χ2v) is 8.20. The van der Waals surface area contributed by atoms with Crippen LogP contribution >= 0.6 is 23.1 Å². The quantitative estimate of drug-likeness (QED) is 0.549. The van der Waals surface area contributed by atoms with Gasteiger partial charge in [0, 0.05) is 13.1 Å². The fourth-order valence-corrected chi connectivity index (χ4v) is 4.22. The van der Waals surface area contributed by atoms with E-state index >= 15 is 0 Å². The van der Waals surface area contributed by atoms with E-state index in [0.717, 1.165) is 4.88 Å². The van der Waals surface area contributed by atoms with Crippen LogP contribution in [0.4, 0.5) is 0 Å². The molecular formula is C17H21N3O4S2. The smallest absolute Gasteiger partial charge is 0.309 e. The van der Waals surface area contributed by atoms with Crippen LogP contribution in [0, 0.1) is 5.92 Å². The van der Waals surface area contributed by atoms with Gasteiger partial charge in [0.1, 0.15) is 0 Å². The fourth-order valence-electron chi connectivity index (χ4n) is 2.81. The number of likely N-dealkylation sites (tertiary alicyclic amines) is 1. The van der Waals surface area contributed by atoms with Crippen molar-refractivity contribution in [2.45, 2.75) is 37.2 Å². The van der Waals surface area contributed by atoms with Gasteiger partial charge in [-0.15, -0.1) is 21.5 Å². The number of thiophene rings is 1. The molecule has 0 bridgehead atoms. The third kappa shape index (κ3) is 4.45. The Bertz CT molecular complexity index is 739. The van der Waals surface area contributed by atoms with Gasteiger partial charge in [-0.3, -0.25) is 9.59 Å². The van der Waals surface area contributed by atoms with Crippen LogP contribution in [-0.2, 0) is 14.3 Å². The summed E-state index contributed by atoms with van der Waals surface area (Å²) in [7, 11) is 0. The molecule has 0 aromatic carbocycles. The van der Waals surface area contributed by atoms with Crippen LogP contribution in [0.25, 0.3) is 10.8 Å². The van der Waals surface area contributed by atoms with Gasteiger partial charge >= 0.3 is 5.97 Å². The van der Waals surface area contributed by atoms with Crippen molar-refractivity contribution < 1.29 is 18.7 Å². The molecule has 0 saturated carbocycles. The van der Waals surface area contributed by atoms with Gasteiger partial charge in [0.15, 0.2) is 0 Å². The summed E-state index contributed by atoms with van der Waals surface area (Å²) < 4.78 is 10.7. The number of esters is 1. The molecule has 0 spiro atoms. The van der Waals surface area contributed by atoms with Crippen molar-refractivity contribution in [3.8, 4) is 10.8 Å². The summed E-state index contributed by atoms with van der Waals surface area (Å²) in [6.07, 6.45) is 1.29. The maximum absolute atomic E-state index is 12.6. The number of carbonyl (C=O) groups excluding carboxylic acids is 2. The molecule has 0 unspecified atom stereocenters. The van der Waals surface area contributed by atoms with Crippen LogP contribution in [0.1, 0.15) is 26.7 Å². The minimum Gasteiger partial charge on any atom is -0.466 e. The molecule has 3 rings (SSSR count). The minimum atomic E-state index is -0.328. The predicted octanol–water partition coefficient (Wildman–Crippen LogP) is 3.08. The lowest BCUT2D eigenvalue weighted by atomic mass is 9.97. The van der Waals surface area contributed by atoms with Crippen LogP contribution in [0.2, 0.25) is 0 Å². The molecule has 1 aliphatic heterocycles. The molecule has 1 fully saturated rings. The predicted molar refractivity (Wildman–Crippen MR) is 98.9 cm³/mol. The summed E-state index contributed by atoms with van der Waals surface area (Å²) in [6.45, 7) is 5.16. The average Bonchev–Trinajstić information content (AvgIpc) is 3.33. The number of hydrogen-bond acceptors (Lipinski definition) is 8. The first-order valence-corrected chi connectivity index (χ1v) is 10.3. The van der Waals surface area contributed by atoms with Gasteiger partial charge in [-0.05, 0) is 38.1 Å². The van der Waals surface area contributed by atoms with E-state index in [0.29, 0.717) is 43.7 Å². The molecule has 1 amide bonds.